The van der Waals surface area contributed by atoms with Crippen LogP contribution in [0.3, 0.4) is 0 Å². The number of nitrogens with zero attached hydrogens (tertiary/aromatic N) is 1. The summed E-state index contributed by atoms with van der Waals surface area (Å²) in [6.45, 7) is 5.45. The molecule has 392 valence electrons. The lowest BCUT2D eigenvalue weighted by molar-refractivity contribution is -0.870. The molecule has 8 nitrogen and oxygen atoms in total. The number of rotatable bonds is 54. The molecule has 2 unspecified atom stereocenters. The van der Waals surface area contributed by atoms with Gasteiger partial charge < -0.3 is 27.9 Å². The van der Waals surface area contributed by atoms with Crippen molar-refractivity contribution < 1.29 is 37.3 Å². The van der Waals surface area contributed by atoms with E-state index in [9.17, 15) is 14.3 Å². The predicted molar refractivity (Wildman–Crippen MR) is 282 cm³/mol. The van der Waals surface area contributed by atoms with Gasteiger partial charge in [-0.3, -0.25) is 9.36 Å². The SMILES string of the molecule is CCCCC/C=C\C/C=C\CCCCCCCCCCCCOCC(COP(=O)([O-])OCC[N+](C)(C)C)OC(=O)CCCCCCCCCCCCCCCCCCCCCCCCCC. The van der Waals surface area contributed by atoms with E-state index in [1.165, 1.54) is 218 Å². The van der Waals surface area contributed by atoms with Crippen LogP contribution in [-0.2, 0) is 27.9 Å². The van der Waals surface area contributed by atoms with Crippen molar-refractivity contribution in [1.29, 1.82) is 0 Å². The molecular weight excluding hydrogens is 842 g/mol. The third-order valence-corrected chi connectivity index (χ3v) is 13.7. The van der Waals surface area contributed by atoms with E-state index in [1.807, 2.05) is 21.1 Å². The number of likely N-dealkylation sites (N-methyl/N-ethyl adjacent to an activating group) is 1. The van der Waals surface area contributed by atoms with Gasteiger partial charge in [0.15, 0.2) is 0 Å². The maximum absolute atomic E-state index is 12.8. The summed E-state index contributed by atoms with van der Waals surface area (Å²) in [5.74, 6) is -0.328. The summed E-state index contributed by atoms with van der Waals surface area (Å²) in [6.07, 6.45) is 60.7. The third-order valence-electron chi connectivity index (χ3n) is 12.8. The zero-order chi connectivity index (χ0) is 48.3. The minimum atomic E-state index is -4.53. The highest BCUT2D eigenvalue weighted by Crippen LogP contribution is 2.38. The van der Waals surface area contributed by atoms with Gasteiger partial charge >= 0.3 is 5.97 Å². The molecule has 0 aliphatic carbocycles. The lowest BCUT2D eigenvalue weighted by atomic mass is 10.0. The van der Waals surface area contributed by atoms with E-state index in [4.69, 9.17) is 18.5 Å². The molecule has 0 aliphatic rings. The quantitative estimate of drug-likeness (QED) is 0.0197. The van der Waals surface area contributed by atoms with Gasteiger partial charge in [-0.1, -0.05) is 250 Å². The monoisotopic (exact) mass is 954 g/mol. The van der Waals surface area contributed by atoms with Gasteiger partial charge in [-0.15, -0.1) is 0 Å². The molecule has 0 aromatic carbocycles. The van der Waals surface area contributed by atoms with Gasteiger partial charge in [-0.25, -0.2) is 0 Å². The van der Waals surface area contributed by atoms with Crippen molar-refractivity contribution in [3.05, 3.63) is 24.3 Å². The number of carbonyl (C=O) groups excluding carboxylic acids is 1. The van der Waals surface area contributed by atoms with E-state index in [-0.39, 0.29) is 25.8 Å². The number of allylic oxidation sites excluding steroid dienone is 4. The molecule has 0 rings (SSSR count). The molecule has 0 spiro atoms. The van der Waals surface area contributed by atoms with Gasteiger partial charge in [-0.2, -0.15) is 0 Å². The van der Waals surface area contributed by atoms with Crippen LogP contribution in [0.1, 0.15) is 277 Å². The topological polar surface area (TPSA) is 94.1 Å². The number of ether oxygens (including phenoxy) is 2. The average Bonchev–Trinajstić information content (AvgIpc) is 3.28. The minimum absolute atomic E-state index is 0.0281. The summed E-state index contributed by atoms with van der Waals surface area (Å²) in [4.78, 5) is 25.2. The Labute approximate surface area is 411 Å². The van der Waals surface area contributed by atoms with Crippen molar-refractivity contribution in [2.45, 2.75) is 283 Å². The Balaban J connectivity index is 4.04. The van der Waals surface area contributed by atoms with Crippen LogP contribution >= 0.6 is 7.82 Å². The first-order valence-electron chi connectivity index (χ1n) is 28.6. The highest BCUT2D eigenvalue weighted by Gasteiger charge is 2.20. The number of unbranched alkanes of at least 4 members (excludes halogenated alkanes) is 36. The molecule has 0 fully saturated rings. The molecule has 0 aliphatic heterocycles. The number of hydrogen-bond donors (Lipinski definition) is 0. The Morgan fingerprint density at radius 1 is 0.470 bits per heavy atom. The van der Waals surface area contributed by atoms with Gasteiger partial charge in [0.2, 0.25) is 0 Å². The van der Waals surface area contributed by atoms with Gasteiger partial charge in [0.25, 0.3) is 7.82 Å². The number of phosphoric ester groups is 1. The summed E-state index contributed by atoms with van der Waals surface area (Å²) in [5, 5.41) is 0. The van der Waals surface area contributed by atoms with Crippen LogP contribution in [0.15, 0.2) is 24.3 Å². The third kappa shape index (κ3) is 53.9. The standard InChI is InChI=1S/C57H112NO7P/c1-6-8-10-12-14-16-18-20-22-24-26-28-29-30-31-32-34-36-38-40-42-44-46-48-50-57(59)65-56(55-64-66(60,61)63-53-51-58(3,4)5)54-62-52-49-47-45-43-41-39-37-35-33-27-25-23-21-19-17-15-13-11-9-7-2/h15,17,21,23,56H,6-14,16,18-20,22,24-55H2,1-5H3/b17-15-,23-21-. The van der Waals surface area contributed by atoms with E-state index >= 15 is 0 Å². The Hall–Kier alpha value is -1.02. The Kier molecular flexibility index (Phi) is 49.6. The number of hydrogen-bond acceptors (Lipinski definition) is 7. The van der Waals surface area contributed by atoms with Crippen molar-refractivity contribution >= 4 is 13.8 Å². The van der Waals surface area contributed by atoms with E-state index < -0.39 is 13.9 Å². The molecular formula is C57H112NO7P. The summed E-state index contributed by atoms with van der Waals surface area (Å²) in [7, 11) is 1.37. The van der Waals surface area contributed by atoms with E-state index in [0.717, 1.165) is 38.5 Å². The van der Waals surface area contributed by atoms with E-state index in [2.05, 4.69) is 38.2 Å². The van der Waals surface area contributed by atoms with E-state index in [0.29, 0.717) is 24.1 Å². The molecule has 2 atom stereocenters. The second kappa shape index (κ2) is 50.4. The van der Waals surface area contributed by atoms with Crippen molar-refractivity contribution in [1.82, 2.24) is 0 Å². The Bertz CT molecular complexity index is 1110. The van der Waals surface area contributed by atoms with Gasteiger partial charge in [0, 0.05) is 13.0 Å². The molecule has 0 saturated heterocycles. The normalized spacial score (nSPS) is 13.6. The van der Waals surface area contributed by atoms with Crippen LogP contribution < -0.4 is 4.89 Å². The molecule has 0 heterocycles. The smallest absolute Gasteiger partial charge is 0.306 e. The predicted octanol–water partition coefficient (Wildman–Crippen LogP) is 17.3. The van der Waals surface area contributed by atoms with Gasteiger partial charge in [-0.05, 0) is 44.9 Å². The fraction of sp³-hybridized carbons (Fsp3) is 0.912. The number of quaternary nitrogens is 1. The Morgan fingerprint density at radius 2 is 0.833 bits per heavy atom. The van der Waals surface area contributed by atoms with Gasteiger partial charge in [0.1, 0.15) is 19.3 Å². The molecule has 0 aromatic rings. The molecule has 0 saturated carbocycles. The highest BCUT2D eigenvalue weighted by atomic mass is 31.2. The highest BCUT2D eigenvalue weighted by molar-refractivity contribution is 7.45. The summed E-state index contributed by atoms with van der Waals surface area (Å²) in [5.41, 5.74) is 0. The zero-order valence-corrected chi connectivity index (χ0v) is 45.6. The molecule has 0 bridgehead atoms. The summed E-state index contributed by atoms with van der Waals surface area (Å²) in [6, 6.07) is 0. The fourth-order valence-electron chi connectivity index (χ4n) is 8.35. The van der Waals surface area contributed by atoms with Crippen LogP contribution in [0.25, 0.3) is 0 Å². The number of phosphoric acid groups is 1. The molecule has 9 heteroatoms. The zero-order valence-electron chi connectivity index (χ0n) is 44.7. The second-order valence-corrected chi connectivity index (χ2v) is 22.1. The average molecular weight is 954 g/mol. The van der Waals surface area contributed by atoms with Crippen molar-refractivity contribution in [3.8, 4) is 0 Å². The molecule has 0 radical (unpaired) electrons. The molecule has 0 N–H and O–H groups in total. The summed E-state index contributed by atoms with van der Waals surface area (Å²) < 4.78 is 34.8. The second-order valence-electron chi connectivity index (χ2n) is 20.7. The van der Waals surface area contributed by atoms with Crippen LogP contribution in [0.4, 0.5) is 0 Å². The number of carbonyl (C=O) groups is 1. The lowest BCUT2D eigenvalue weighted by Crippen LogP contribution is -2.37. The summed E-state index contributed by atoms with van der Waals surface area (Å²) >= 11 is 0. The largest absolute Gasteiger partial charge is 0.756 e. The first-order chi connectivity index (χ1) is 32.1. The molecule has 66 heavy (non-hydrogen) atoms. The van der Waals surface area contributed by atoms with E-state index in [1.54, 1.807) is 0 Å². The van der Waals surface area contributed by atoms with Crippen LogP contribution in [0.2, 0.25) is 0 Å². The van der Waals surface area contributed by atoms with Crippen LogP contribution in [0, 0.1) is 0 Å². The molecule has 0 aromatic heterocycles. The van der Waals surface area contributed by atoms with Crippen molar-refractivity contribution in [2.24, 2.45) is 0 Å². The van der Waals surface area contributed by atoms with Crippen molar-refractivity contribution in [2.75, 3.05) is 54.1 Å². The lowest BCUT2D eigenvalue weighted by Gasteiger charge is -2.28. The van der Waals surface area contributed by atoms with Crippen LogP contribution in [0.5, 0.6) is 0 Å². The first-order valence-corrected chi connectivity index (χ1v) is 30.0. The number of esters is 1. The molecule has 0 amide bonds. The van der Waals surface area contributed by atoms with Gasteiger partial charge in [0.05, 0.1) is 34.4 Å². The van der Waals surface area contributed by atoms with Crippen molar-refractivity contribution in [3.63, 3.8) is 0 Å². The van der Waals surface area contributed by atoms with Crippen LogP contribution in [-0.4, -0.2) is 70.7 Å². The Morgan fingerprint density at radius 3 is 1.26 bits per heavy atom. The first kappa shape index (κ1) is 65.0. The minimum Gasteiger partial charge on any atom is -0.756 e. The maximum atomic E-state index is 12.8. The fourth-order valence-corrected chi connectivity index (χ4v) is 9.07. The maximum Gasteiger partial charge on any atom is 0.306 e.